The van der Waals surface area contributed by atoms with Crippen LogP contribution >= 0.6 is 0 Å². The number of anilines is 4. The van der Waals surface area contributed by atoms with Crippen molar-refractivity contribution < 1.29 is 19.2 Å². The maximum atomic E-state index is 14.9. The molecule has 2 aliphatic heterocycles. The van der Waals surface area contributed by atoms with Crippen LogP contribution in [-0.4, -0.2) is 53.2 Å². The van der Waals surface area contributed by atoms with Crippen LogP contribution in [0, 0.1) is 21.8 Å². The lowest BCUT2D eigenvalue weighted by Gasteiger charge is -2.32. The maximum Gasteiger partial charge on any atom is 0.311 e. The molecule has 3 heterocycles. The van der Waals surface area contributed by atoms with E-state index in [1.807, 2.05) is 9.80 Å². The predicted octanol–water partition coefficient (Wildman–Crippen LogP) is 2.54. The largest absolute Gasteiger partial charge is 0.393 e. The highest BCUT2D eigenvalue weighted by Crippen LogP contribution is 2.32. The van der Waals surface area contributed by atoms with Crippen molar-refractivity contribution in [1.29, 1.82) is 0 Å². The highest BCUT2D eigenvalue weighted by atomic mass is 19.1. The zero-order chi connectivity index (χ0) is 23.5. The van der Waals surface area contributed by atoms with Gasteiger partial charge < -0.3 is 26.0 Å². The van der Waals surface area contributed by atoms with Crippen molar-refractivity contribution >= 4 is 34.6 Å². The summed E-state index contributed by atoms with van der Waals surface area (Å²) in [6.07, 6.45) is 2.01. The number of benzene rings is 1. The van der Waals surface area contributed by atoms with Crippen molar-refractivity contribution in [3.05, 3.63) is 46.3 Å². The number of nitrogens with one attached hydrogen (secondary N) is 1. The quantitative estimate of drug-likeness (QED) is 0.444. The lowest BCUT2D eigenvalue weighted by molar-refractivity contribution is -0.384. The van der Waals surface area contributed by atoms with Crippen LogP contribution in [0.4, 0.5) is 33.1 Å². The first-order valence-electron chi connectivity index (χ1n) is 11.0. The zero-order valence-electron chi connectivity index (χ0n) is 18.1. The van der Waals surface area contributed by atoms with Crippen molar-refractivity contribution in [2.75, 3.05) is 41.3 Å². The second-order valence-electron chi connectivity index (χ2n) is 8.47. The summed E-state index contributed by atoms with van der Waals surface area (Å²) in [7, 11) is 0. The molecule has 0 bridgehead atoms. The van der Waals surface area contributed by atoms with Crippen molar-refractivity contribution in [3.8, 4) is 0 Å². The van der Waals surface area contributed by atoms with Gasteiger partial charge >= 0.3 is 5.69 Å². The Bertz CT molecular complexity index is 1040. The number of carbonyl (C=O) groups excluding carboxylic acids is 1. The van der Waals surface area contributed by atoms with E-state index < -0.39 is 10.7 Å². The number of hydrogen-bond donors (Lipinski definition) is 3. The van der Waals surface area contributed by atoms with Crippen molar-refractivity contribution in [2.24, 2.45) is 11.7 Å². The summed E-state index contributed by atoms with van der Waals surface area (Å²) in [6, 6.07) is 7.51. The topological polar surface area (TPSA) is 138 Å². The molecule has 2 saturated heterocycles. The van der Waals surface area contributed by atoms with E-state index >= 15 is 0 Å². The van der Waals surface area contributed by atoms with Crippen LogP contribution in [0.25, 0.3) is 0 Å². The first-order valence-corrected chi connectivity index (χ1v) is 11.0. The molecular formula is C22H27FN6O4. The monoisotopic (exact) mass is 458 g/mol. The molecule has 11 heteroatoms. The van der Waals surface area contributed by atoms with Gasteiger partial charge in [-0.05, 0) is 49.9 Å². The summed E-state index contributed by atoms with van der Waals surface area (Å²) < 4.78 is 14.9. The molecule has 2 aromatic rings. The van der Waals surface area contributed by atoms with Crippen molar-refractivity contribution in [2.45, 2.75) is 31.8 Å². The summed E-state index contributed by atoms with van der Waals surface area (Å²) in [5.74, 6) is -0.400. The van der Waals surface area contributed by atoms with Gasteiger partial charge in [-0.3, -0.25) is 14.9 Å². The molecule has 0 aliphatic carbocycles. The number of aliphatic hydroxyl groups excluding tert-OH is 1. The number of aliphatic hydroxyl groups is 1. The molecule has 0 saturated carbocycles. The van der Waals surface area contributed by atoms with E-state index in [1.165, 1.54) is 12.1 Å². The van der Waals surface area contributed by atoms with Gasteiger partial charge in [0.2, 0.25) is 11.7 Å². The first-order chi connectivity index (χ1) is 15.8. The third kappa shape index (κ3) is 5.14. The number of aromatic nitrogens is 1. The van der Waals surface area contributed by atoms with Crippen LogP contribution in [-0.2, 0) is 4.79 Å². The minimum Gasteiger partial charge on any atom is -0.393 e. The molecular weight excluding hydrogens is 431 g/mol. The van der Waals surface area contributed by atoms with Gasteiger partial charge in [0, 0.05) is 43.9 Å². The zero-order valence-corrected chi connectivity index (χ0v) is 18.1. The predicted molar refractivity (Wildman–Crippen MR) is 122 cm³/mol. The Morgan fingerprint density at radius 2 is 1.79 bits per heavy atom. The Hall–Kier alpha value is -3.47. The summed E-state index contributed by atoms with van der Waals surface area (Å²) in [5.41, 5.74) is 5.90. The van der Waals surface area contributed by atoms with Crippen LogP contribution in [0.15, 0.2) is 30.3 Å². The van der Waals surface area contributed by atoms with E-state index in [9.17, 15) is 24.4 Å². The fourth-order valence-corrected chi connectivity index (χ4v) is 4.33. The van der Waals surface area contributed by atoms with Gasteiger partial charge in [-0.25, -0.2) is 9.37 Å². The summed E-state index contributed by atoms with van der Waals surface area (Å²) in [5, 5.41) is 24.1. The lowest BCUT2D eigenvalue weighted by atomic mass is 9.96. The van der Waals surface area contributed by atoms with Gasteiger partial charge in [0.25, 0.3) is 0 Å². The van der Waals surface area contributed by atoms with E-state index in [0.717, 1.165) is 0 Å². The van der Waals surface area contributed by atoms with Gasteiger partial charge in [0.1, 0.15) is 11.6 Å². The van der Waals surface area contributed by atoms with E-state index in [-0.39, 0.29) is 29.4 Å². The Balaban J connectivity index is 1.52. The van der Waals surface area contributed by atoms with E-state index in [1.54, 1.807) is 18.2 Å². The molecule has 0 atom stereocenters. The number of carbonyl (C=O) groups is 1. The summed E-state index contributed by atoms with van der Waals surface area (Å²) >= 11 is 0. The molecule has 1 aromatic heterocycles. The number of amides is 1. The van der Waals surface area contributed by atoms with Crippen molar-refractivity contribution in [3.63, 3.8) is 0 Å². The number of rotatable bonds is 6. The van der Waals surface area contributed by atoms with Gasteiger partial charge in [0.15, 0.2) is 0 Å². The number of nitrogens with zero attached hydrogens (tertiary/aromatic N) is 4. The van der Waals surface area contributed by atoms with Gasteiger partial charge in [-0.1, -0.05) is 0 Å². The highest BCUT2D eigenvalue weighted by Gasteiger charge is 2.25. The molecule has 1 aromatic carbocycles. The second-order valence-corrected chi connectivity index (χ2v) is 8.47. The fraction of sp³-hybridized carbons (Fsp3) is 0.455. The van der Waals surface area contributed by atoms with Crippen LogP contribution in [0.1, 0.15) is 25.7 Å². The standard InChI is InChI=1S/C22H27FN6O4/c23-17-13-15(1-2-18(17)27-9-5-14(6-10-27)21(24)31)25-22-19(29(32)33)3-4-20(26-22)28-11-7-16(30)8-12-28/h1-4,13-14,16,30H,5-12H2,(H2,24,31)(H,25,26). The van der Waals surface area contributed by atoms with Crippen LogP contribution in [0.2, 0.25) is 0 Å². The summed E-state index contributed by atoms with van der Waals surface area (Å²) in [6.45, 7) is 2.25. The third-order valence-electron chi connectivity index (χ3n) is 6.29. The summed E-state index contributed by atoms with van der Waals surface area (Å²) in [4.78, 5) is 30.6. The normalized spacial score (nSPS) is 17.8. The molecule has 2 fully saturated rings. The molecule has 0 radical (unpaired) electrons. The minimum atomic E-state index is -0.535. The number of nitro groups is 1. The maximum absolute atomic E-state index is 14.9. The molecule has 4 N–H and O–H groups in total. The van der Waals surface area contributed by atoms with Crippen molar-refractivity contribution in [1.82, 2.24) is 4.98 Å². The number of piperidine rings is 2. The SMILES string of the molecule is NC(=O)C1CCN(c2ccc(Nc3nc(N4CCC(O)CC4)ccc3[N+](=O)[O-])cc2F)CC1. The minimum absolute atomic E-state index is 0.0260. The molecule has 2 aliphatic rings. The number of pyridine rings is 1. The third-order valence-corrected chi connectivity index (χ3v) is 6.29. The lowest BCUT2D eigenvalue weighted by Crippen LogP contribution is -2.38. The average Bonchev–Trinajstić information content (AvgIpc) is 2.79. The highest BCUT2D eigenvalue weighted by molar-refractivity contribution is 5.77. The number of primary amides is 1. The molecule has 10 nitrogen and oxygen atoms in total. The number of nitrogens with two attached hydrogens (primary N) is 1. The molecule has 0 unspecified atom stereocenters. The number of hydrogen-bond acceptors (Lipinski definition) is 8. The Morgan fingerprint density at radius 3 is 2.39 bits per heavy atom. The first kappa shape index (κ1) is 22.7. The van der Waals surface area contributed by atoms with E-state index in [2.05, 4.69) is 10.3 Å². The van der Waals surface area contributed by atoms with Crippen LogP contribution in [0.5, 0.6) is 0 Å². The van der Waals surface area contributed by atoms with Gasteiger partial charge in [-0.15, -0.1) is 0 Å². The average molecular weight is 458 g/mol. The van der Waals surface area contributed by atoms with Gasteiger partial charge in [-0.2, -0.15) is 0 Å². The van der Waals surface area contributed by atoms with E-state index in [4.69, 9.17) is 5.73 Å². The van der Waals surface area contributed by atoms with E-state index in [0.29, 0.717) is 69.1 Å². The second kappa shape index (κ2) is 9.57. The molecule has 0 spiro atoms. The molecule has 176 valence electrons. The molecule has 4 rings (SSSR count). The Kier molecular flexibility index (Phi) is 6.59. The fourth-order valence-electron chi connectivity index (χ4n) is 4.33. The number of halogens is 1. The molecule has 1 amide bonds. The Labute approximate surface area is 190 Å². The smallest absolute Gasteiger partial charge is 0.311 e. The van der Waals surface area contributed by atoms with Crippen LogP contribution in [0.3, 0.4) is 0 Å². The van der Waals surface area contributed by atoms with Gasteiger partial charge in [0.05, 0.1) is 16.7 Å². The Morgan fingerprint density at radius 1 is 1.12 bits per heavy atom. The van der Waals surface area contributed by atoms with Crippen LogP contribution < -0.4 is 20.9 Å². The molecule has 33 heavy (non-hydrogen) atoms.